The zero-order valence-corrected chi connectivity index (χ0v) is 11.7. The second-order valence-corrected chi connectivity index (χ2v) is 5.12. The van der Waals surface area contributed by atoms with Gasteiger partial charge >= 0.3 is 6.03 Å². The molecule has 0 fully saturated rings. The van der Waals surface area contributed by atoms with Crippen LogP contribution in [0.1, 0.15) is 26.0 Å². The van der Waals surface area contributed by atoms with Gasteiger partial charge in [0.25, 0.3) is 0 Å². The molecule has 20 heavy (non-hydrogen) atoms. The van der Waals surface area contributed by atoms with Crippen LogP contribution in [0.25, 0.3) is 5.69 Å². The third kappa shape index (κ3) is 3.81. The van der Waals surface area contributed by atoms with Crippen molar-refractivity contribution in [3.05, 3.63) is 36.2 Å². The molecule has 0 bridgehead atoms. The van der Waals surface area contributed by atoms with Crippen molar-refractivity contribution in [2.24, 2.45) is 11.7 Å². The van der Waals surface area contributed by atoms with Crippen LogP contribution in [0.5, 0.6) is 0 Å². The molecule has 0 atom stereocenters. The first kappa shape index (κ1) is 14.0. The molecule has 1 aromatic heterocycles. The second kappa shape index (κ2) is 6.18. The number of aromatic nitrogens is 3. The van der Waals surface area contributed by atoms with Gasteiger partial charge in [-0.15, -0.1) is 5.10 Å². The molecule has 0 spiro atoms. The highest BCUT2D eigenvalue weighted by Gasteiger charge is 2.04. The molecule has 0 radical (unpaired) electrons. The number of hydrogen-bond donors (Lipinski definition) is 2. The first-order chi connectivity index (χ1) is 9.54. The van der Waals surface area contributed by atoms with Crippen molar-refractivity contribution in [1.29, 1.82) is 0 Å². The predicted molar refractivity (Wildman–Crippen MR) is 77.7 cm³/mol. The van der Waals surface area contributed by atoms with Crippen molar-refractivity contribution in [2.45, 2.75) is 26.7 Å². The Morgan fingerprint density at radius 3 is 2.65 bits per heavy atom. The van der Waals surface area contributed by atoms with Crippen molar-refractivity contribution in [1.82, 2.24) is 15.0 Å². The highest BCUT2D eigenvalue weighted by molar-refractivity contribution is 5.87. The molecule has 106 valence electrons. The number of nitrogens with two attached hydrogens (primary N) is 1. The Morgan fingerprint density at radius 2 is 2.05 bits per heavy atom. The Kier molecular flexibility index (Phi) is 4.34. The first-order valence-electron chi connectivity index (χ1n) is 6.62. The summed E-state index contributed by atoms with van der Waals surface area (Å²) in [4.78, 5) is 10.7. The van der Waals surface area contributed by atoms with Crippen LogP contribution < -0.4 is 11.1 Å². The molecule has 0 aliphatic heterocycles. The van der Waals surface area contributed by atoms with Crippen LogP contribution in [-0.2, 0) is 6.42 Å². The highest BCUT2D eigenvalue weighted by Crippen LogP contribution is 2.13. The Hall–Kier alpha value is -2.37. The van der Waals surface area contributed by atoms with E-state index < -0.39 is 6.03 Å². The van der Waals surface area contributed by atoms with E-state index in [1.807, 2.05) is 18.3 Å². The van der Waals surface area contributed by atoms with Gasteiger partial charge < -0.3 is 11.1 Å². The monoisotopic (exact) mass is 273 g/mol. The average Bonchev–Trinajstić information content (AvgIpc) is 2.85. The lowest BCUT2D eigenvalue weighted by atomic mass is 10.1. The third-order valence-corrected chi connectivity index (χ3v) is 2.92. The van der Waals surface area contributed by atoms with Crippen molar-refractivity contribution in [3.8, 4) is 5.69 Å². The smallest absolute Gasteiger partial charge is 0.316 e. The highest BCUT2D eigenvalue weighted by atomic mass is 16.2. The number of hydrogen-bond acceptors (Lipinski definition) is 3. The molecule has 0 saturated carbocycles. The van der Waals surface area contributed by atoms with Gasteiger partial charge in [-0.2, -0.15) is 0 Å². The molecule has 2 aromatic rings. The molecular weight excluding hydrogens is 254 g/mol. The number of nitrogens with one attached hydrogen (secondary N) is 1. The first-order valence-corrected chi connectivity index (χ1v) is 6.62. The third-order valence-electron chi connectivity index (χ3n) is 2.92. The molecule has 0 saturated heterocycles. The maximum Gasteiger partial charge on any atom is 0.316 e. The maximum atomic E-state index is 10.7. The molecular formula is C14H19N5O. The zero-order valence-electron chi connectivity index (χ0n) is 11.7. The topological polar surface area (TPSA) is 85.8 Å². The molecule has 2 amide bonds. The summed E-state index contributed by atoms with van der Waals surface area (Å²) in [6.07, 6.45) is 3.96. The van der Waals surface area contributed by atoms with E-state index in [4.69, 9.17) is 5.73 Å². The van der Waals surface area contributed by atoms with Gasteiger partial charge in [-0.1, -0.05) is 19.1 Å². The van der Waals surface area contributed by atoms with Gasteiger partial charge in [-0.25, -0.2) is 9.48 Å². The number of carbonyl (C=O) groups is 1. The van der Waals surface area contributed by atoms with Gasteiger partial charge in [0.2, 0.25) is 0 Å². The van der Waals surface area contributed by atoms with Crippen LogP contribution in [0.15, 0.2) is 30.5 Å². The number of benzene rings is 1. The van der Waals surface area contributed by atoms with E-state index in [1.54, 1.807) is 16.8 Å². The lowest BCUT2D eigenvalue weighted by Gasteiger charge is -2.03. The minimum Gasteiger partial charge on any atom is -0.351 e. The van der Waals surface area contributed by atoms with Gasteiger partial charge in [0.15, 0.2) is 0 Å². The number of amides is 2. The fraction of sp³-hybridized carbons (Fsp3) is 0.357. The molecule has 0 aliphatic carbocycles. The van der Waals surface area contributed by atoms with Gasteiger partial charge in [-0.3, -0.25) is 0 Å². The van der Waals surface area contributed by atoms with Crippen molar-refractivity contribution in [3.63, 3.8) is 0 Å². The van der Waals surface area contributed by atoms with Crippen molar-refractivity contribution < 1.29 is 4.79 Å². The molecule has 1 aromatic carbocycles. The lowest BCUT2D eigenvalue weighted by Crippen LogP contribution is -2.19. The summed E-state index contributed by atoms with van der Waals surface area (Å²) in [5.74, 6) is 0.652. The number of aryl methyl sites for hydroxylation is 1. The second-order valence-electron chi connectivity index (χ2n) is 5.12. The Bertz CT molecular complexity index is 574. The minimum atomic E-state index is -0.575. The molecule has 3 N–H and O–H groups in total. The summed E-state index contributed by atoms with van der Waals surface area (Å²) in [7, 11) is 0. The molecule has 0 unspecified atom stereocenters. The normalized spacial score (nSPS) is 10.8. The molecule has 1 heterocycles. The summed E-state index contributed by atoms with van der Waals surface area (Å²) in [5, 5.41) is 10.8. The van der Waals surface area contributed by atoms with E-state index in [9.17, 15) is 4.79 Å². The zero-order chi connectivity index (χ0) is 14.5. The maximum absolute atomic E-state index is 10.7. The van der Waals surface area contributed by atoms with Crippen LogP contribution in [-0.4, -0.2) is 21.0 Å². The van der Waals surface area contributed by atoms with E-state index in [1.165, 1.54) is 0 Å². The van der Waals surface area contributed by atoms with E-state index >= 15 is 0 Å². The standard InChI is InChI=1S/C14H19N5O/c1-10(2)3-4-12-9-19(18-17-12)13-7-5-11(6-8-13)16-14(15)20/h5-10H,3-4H2,1-2H3,(H3,15,16,20). The van der Waals surface area contributed by atoms with Crippen LogP contribution in [0.4, 0.5) is 10.5 Å². The Balaban J connectivity index is 2.06. The Morgan fingerprint density at radius 1 is 1.35 bits per heavy atom. The average molecular weight is 273 g/mol. The number of rotatable bonds is 5. The quantitative estimate of drug-likeness (QED) is 0.876. The van der Waals surface area contributed by atoms with Crippen molar-refractivity contribution >= 4 is 11.7 Å². The predicted octanol–water partition coefficient (Wildman–Crippen LogP) is 2.35. The summed E-state index contributed by atoms with van der Waals surface area (Å²) >= 11 is 0. The minimum absolute atomic E-state index is 0.575. The summed E-state index contributed by atoms with van der Waals surface area (Å²) in [6.45, 7) is 4.38. The lowest BCUT2D eigenvalue weighted by molar-refractivity contribution is 0.259. The van der Waals surface area contributed by atoms with Gasteiger partial charge in [-0.05, 0) is 43.0 Å². The van der Waals surface area contributed by atoms with Crippen LogP contribution in [0.2, 0.25) is 0 Å². The van der Waals surface area contributed by atoms with Crippen molar-refractivity contribution in [2.75, 3.05) is 5.32 Å². The van der Waals surface area contributed by atoms with E-state index in [0.717, 1.165) is 24.2 Å². The number of anilines is 1. The van der Waals surface area contributed by atoms with Crippen LogP contribution in [0, 0.1) is 5.92 Å². The van der Waals surface area contributed by atoms with Gasteiger partial charge in [0, 0.05) is 5.69 Å². The van der Waals surface area contributed by atoms with E-state index in [2.05, 4.69) is 29.5 Å². The number of urea groups is 1. The number of primary amides is 1. The molecule has 2 rings (SSSR count). The van der Waals surface area contributed by atoms with E-state index in [0.29, 0.717) is 11.6 Å². The van der Waals surface area contributed by atoms with Gasteiger partial charge in [0.1, 0.15) is 0 Å². The Labute approximate surface area is 118 Å². The summed E-state index contributed by atoms with van der Waals surface area (Å²) in [6, 6.07) is 6.68. The van der Waals surface area contributed by atoms with E-state index in [-0.39, 0.29) is 0 Å². The fourth-order valence-electron chi connectivity index (χ4n) is 1.82. The molecule has 6 nitrogen and oxygen atoms in total. The van der Waals surface area contributed by atoms with Gasteiger partial charge in [0.05, 0.1) is 17.6 Å². The van der Waals surface area contributed by atoms with Crippen LogP contribution >= 0.6 is 0 Å². The molecule has 0 aliphatic rings. The largest absolute Gasteiger partial charge is 0.351 e. The summed E-state index contributed by atoms with van der Waals surface area (Å²) in [5.41, 5.74) is 7.59. The van der Waals surface area contributed by atoms with Crippen LogP contribution in [0.3, 0.4) is 0 Å². The summed E-state index contributed by atoms with van der Waals surface area (Å²) < 4.78 is 1.73. The molecule has 6 heteroatoms. The number of nitrogens with zero attached hydrogens (tertiary/aromatic N) is 3. The fourth-order valence-corrected chi connectivity index (χ4v) is 1.82. The number of carbonyl (C=O) groups excluding carboxylic acids is 1. The SMILES string of the molecule is CC(C)CCc1cn(-c2ccc(NC(N)=O)cc2)nn1.